The van der Waals surface area contributed by atoms with Crippen LogP contribution in [0, 0.1) is 11.3 Å². The van der Waals surface area contributed by atoms with Gasteiger partial charge in [0.2, 0.25) is 11.8 Å². The number of nitrogens with zero attached hydrogens (tertiary/aromatic N) is 1. The maximum absolute atomic E-state index is 11.5. The van der Waals surface area contributed by atoms with E-state index in [-0.39, 0.29) is 6.54 Å². The van der Waals surface area contributed by atoms with Crippen molar-refractivity contribution in [2.45, 2.75) is 6.04 Å². The van der Waals surface area contributed by atoms with Crippen molar-refractivity contribution in [3.63, 3.8) is 0 Å². The molecule has 7 nitrogen and oxygen atoms in total. The van der Waals surface area contributed by atoms with Crippen molar-refractivity contribution in [3.05, 3.63) is 12.7 Å². The summed E-state index contributed by atoms with van der Waals surface area (Å²) >= 11 is 0. The van der Waals surface area contributed by atoms with Crippen LogP contribution in [-0.4, -0.2) is 44.8 Å². The molecule has 0 saturated heterocycles. The van der Waals surface area contributed by atoms with Crippen molar-refractivity contribution < 1.29 is 18.0 Å². The minimum absolute atomic E-state index is 0.261. The van der Waals surface area contributed by atoms with Gasteiger partial charge >= 0.3 is 0 Å². The number of hydrogen-bond donors (Lipinski definition) is 2. The zero-order valence-corrected chi connectivity index (χ0v) is 10.1. The zero-order valence-electron chi connectivity index (χ0n) is 9.26. The normalized spacial score (nSPS) is 12.0. The van der Waals surface area contributed by atoms with E-state index in [1.54, 1.807) is 6.07 Å². The zero-order chi connectivity index (χ0) is 13.5. The van der Waals surface area contributed by atoms with Crippen molar-refractivity contribution in [2.75, 3.05) is 18.6 Å². The van der Waals surface area contributed by atoms with E-state index >= 15 is 0 Å². The van der Waals surface area contributed by atoms with Crippen molar-refractivity contribution in [3.8, 4) is 6.07 Å². The molecular formula is C9H13N3O4S. The number of amides is 2. The number of carbonyl (C=O) groups excluding carboxylic acids is 2. The van der Waals surface area contributed by atoms with E-state index in [1.807, 2.05) is 0 Å². The van der Waals surface area contributed by atoms with Gasteiger partial charge in [-0.2, -0.15) is 5.26 Å². The highest BCUT2D eigenvalue weighted by Crippen LogP contribution is 1.93. The van der Waals surface area contributed by atoms with E-state index < -0.39 is 33.4 Å². The lowest BCUT2D eigenvalue weighted by atomic mass is 10.3. The fraction of sp³-hybridized carbons (Fsp3) is 0.444. The highest BCUT2D eigenvalue weighted by atomic mass is 32.2. The molecule has 0 aliphatic rings. The molecule has 1 atom stereocenters. The van der Waals surface area contributed by atoms with Crippen LogP contribution in [0.15, 0.2) is 12.7 Å². The van der Waals surface area contributed by atoms with Gasteiger partial charge in [-0.15, -0.1) is 0 Å². The fourth-order valence-corrected chi connectivity index (χ4v) is 1.81. The van der Waals surface area contributed by atoms with Gasteiger partial charge < -0.3 is 10.6 Å². The molecule has 0 saturated carbocycles. The van der Waals surface area contributed by atoms with Crippen LogP contribution in [0.25, 0.3) is 0 Å². The molecule has 0 radical (unpaired) electrons. The molecule has 0 heterocycles. The lowest BCUT2D eigenvalue weighted by Gasteiger charge is -2.15. The molecule has 0 rings (SSSR count). The Kier molecular flexibility index (Phi) is 5.91. The van der Waals surface area contributed by atoms with Gasteiger partial charge in [0, 0.05) is 6.26 Å². The van der Waals surface area contributed by atoms with Crippen LogP contribution >= 0.6 is 0 Å². The first-order valence-electron chi connectivity index (χ1n) is 4.55. The minimum atomic E-state index is -3.44. The summed E-state index contributed by atoms with van der Waals surface area (Å²) in [6.07, 6.45) is 1.87. The SMILES string of the molecule is C=CC(=O)NC(CS(C)(=O)=O)C(=O)NCC#N. The molecule has 0 aromatic heterocycles. The van der Waals surface area contributed by atoms with Crippen LogP contribution < -0.4 is 10.6 Å². The second-order valence-electron chi connectivity index (χ2n) is 3.23. The molecule has 0 aromatic carbocycles. The molecule has 0 aromatic rings. The highest BCUT2D eigenvalue weighted by molar-refractivity contribution is 7.90. The van der Waals surface area contributed by atoms with Crippen molar-refractivity contribution >= 4 is 21.7 Å². The molecule has 8 heteroatoms. The summed E-state index contributed by atoms with van der Waals surface area (Å²) in [6.45, 7) is 2.93. The van der Waals surface area contributed by atoms with E-state index in [1.165, 1.54) is 0 Å². The van der Waals surface area contributed by atoms with Gasteiger partial charge in [-0.3, -0.25) is 9.59 Å². The van der Waals surface area contributed by atoms with Gasteiger partial charge in [0.1, 0.15) is 22.4 Å². The predicted octanol–water partition coefficient (Wildman–Crippen LogP) is -1.66. The van der Waals surface area contributed by atoms with E-state index in [0.717, 1.165) is 12.3 Å². The van der Waals surface area contributed by atoms with Crippen LogP contribution in [0.4, 0.5) is 0 Å². The summed E-state index contributed by atoms with van der Waals surface area (Å²) < 4.78 is 22.1. The molecule has 0 aliphatic carbocycles. The van der Waals surface area contributed by atoms with E-state index in [4.69, 9.17) is 5.26 Å². The first-order chi connectivity index (χ1) is 7.80. The van der Waals surface area contributed by atoms with Crippen molar-refractivity contribution in [1.82, 2.24) is 10.6 Å². The monoisotopic (exact) mass is 259 g/mol. The lowest BCUT2D eigenvalue weighted by molar-refractivity contribution is -0.126. The Hall–Kier alpha value is -1.88. The summed E-state index contributed by atoms with van der Waals surface area (Å²) in [7, 11) is -3.44. The van der Waals surface area contributed by atoms with Crippen LogP contribution in [0.3, 0.4) is 0 Å². The molecule has 0 aliphatic heterocycles. The molecule has 0 bridgehead atoms. The Bertz CT molecular complexity index is 449. The van der Waals surface area contributed by atoms with Gasteiger partial charge in [0.05, 0.1) is 11.8 Å². The maximum Gasteiger partial charge on any atom is 0.244 e. The fourth-order valence-electron chi connectivity index (χ4n) is 0.966. The summed E-state index contributed by atoms with van der Waals surface area (Å²) in [5.74, 6) is -1.93. The number of nitrogens with one attached hydrogen (secondary N) is 2. The Morgan fingerprint density at radius 1 is 1.53 bits per heavy atom. The number of hydrogen-bond acceptors (Lipinski definition) is 5. The quantitative estimate of drug-likeness (QED) is 0.437. The van der Waals surface area contributed by atoms with E-state index in [0.29, 0.717) is 0 Å². The molecule has 17 heavy (non-hydrogen) atoms. The first-order valence-corrected chi connectivity index (χ1v) is 6.61. The third kappa shape index (κ3) is 7.08. The van der Waals surface area contributed by atoms with Gasteiger partial charge in [0.15, 0.2) is 0 Å². The third-order valence-corrected chi connectivity index (χ3v) is 2.57. The average molecular weight is 259 g/mol. The minimum Gasteiger partial charge on any atom is -0.341 e. The largest absolute Gasteiger partial charge is 0.341 e. The van der Waals surface area contributed by atoms with E-state index in [2.05, 4.69) is 17.2 Å². The summed E-state index contributed by atoms with van der Waals surface area (Å²) in [5.41, 5.74) is 0. The number of rotatable bonds is 6. The summed E-state index contributed by atoms with van der Waals surface area (Å²) in [4.78, 5) is 22.5. The van der Waals surface area contributed by atoms with Crippen molar-refractivity contribution in [1.29, 1.82) is 5.26 Å². The summed E-state index contributed by atoms with van der Waals surface area (Å²) in [6, 6.07) is 0.437. The Morgan fingerprint density at radius 3 is 2.53 bits per heavy atom. The summed E-state index contributed by atoms with van der Waals surface area (Å²) in [5, 5.41) is 12.6. The van der Waals surface area contributed by atoms with Gasteiger partial charge in [0.25, 0.3) is 0 Å². The van der Waals surface area contributed by atoms with Crippen molar-refractivity contribution in [2.24, 2.45) is 0 Å². The third-order valence-electron chi connectivity index (χ3n) is 1.63. The maximum atomic E-state index is 11.5. The van der Waals surface area contributed by atoms with Crippen LogP contribution in [0.5, 0.6) is 0 Å². The van der Waals surface area contributed by atoms with E-state index in [9.17, 15) is 18.0 Å². The van der Waals surface area contributed by atoms with Gasteiger partial charge in [-0.25, -0.2) is 8.42 Å². The van der Waals surface area contributed by atoms with Gasteiger partial charge in [-0.1, -0.05) is 6.58 Å². The Balaban J connectivity index is 4.73. The molecular weight excluding hydrogens is 246 g/mol. The predicted molar refractivity (Wildman–Crippen MR) is 60.5 cm³/mol. The average Bonchev–Trinajstić information content (AvgIpc) is 2.22. The molecule has 0 fully saturated rings. The van der Waals surface area contributed by atoms with Crippen LogP contribution in [0.2, 0.25) is 0 Å². The second kappa shape index (κ2) is 6.65. The second-order valence-corrected chi connectivity index (χ2v) is 5.42. The molecule has 2 amide bonds. The van der Waals surface area contributed by atoms with Crippen LogP contribution in [-0.2, 0) is 19.4 Å². The molecule has 0 spiro atoms. The Morgan fingerprint density at radius 2 is 2.12 bits per heavy atom. The smallest absolute Gasteiger partial charge is 0.244 e. The standard InChI is InChI=1S/C9H13N3O4S/c1-3-8(13)12-7(6-17(2,15)16)9(14)11-5-4-10/h3,7H,1,5-6H2,2H3,(H,11,14)(H,12,13). The highest BCUT2D eigenvalue weighted by Gasteiger charge is 2.23. The Labute approximate surface area is 99.4 Å². The number of sulfone groups is 1. The molecule has 94 valence electrons. The number of nitriles is 1. The van der Waals surface area contributed by atoms with Gasteiger partial charge in [-0.05, 0) is 6.08 Å². The molecule has 1 unspecified atom stereocenters. The first kappa shape index (κ1) is 15.1. The number of carbonyl (C=O) groups is 2. The van der Waals surface area contributed by atoms with Crippen LogP contribution in [0.1, 0.15) is 0 Å². The molecule has 2 N–H and O–H groups in total. The lowest BCUT2D eigenvalue weighted by Crippen LogP contribution is -2.49. The topological polar surface area (TPSA) is 116 Å².